The number of hydrogen-bond acceptors (Lipinski definition) is 4. The molecule has 1 N–H and O–H groups in total. The Labute approximate surface area is 142 Å². The first kappa shape index (κ1) is 16.7. The van der Waals surface area contributed by atoms with E-state index in [0.717, 1.165) is 15.6 Å². The molecule has 0 bridgehead atoms. The van der Waals surface area contributed by atoms with E-state index in [9.17, 15) is 4.79 Å². The monoisotopic (exact) mass is 371 g/mol. The number of hydrogen-bond donors (Lipinski definition) is 1. The van der Waals surface area contributed by atoms with Crippen LogP contribution >= 0.6 is 15.9 Å². The van der Waals surface area contributed by atoms with Crippen LogP contribution in [0.1, 0.15) is 23.6 Å². The molecule has 0 atom stereocenters. The molecule has 0 fully saturated rings. The van der Waals surface area contributed by atoms with Gasteiger partial charge in [-0.25, -0.2) is 5.43 Å². The van der Waals surface area contributed by atoms with Crippen LogP contribution in [0.15, 0.2) is 52.0 Å². The Morgan fingerprint density at radius 1 is 1.39 bits per heavy atom. The molecule has 2 rings (SSSR count). The number of carbonyl (C=O) groups is 1. The van der Waals surface area contributed by atoms with Crippen LogP contribution in [0.2, 0.25) is 0 Å². The van der Waals surface area contributed by atoms with Crippen molar-refractivity contribution in [1.82, 2.24) is 5.43 Å². The molecule has 0 aliphatic rings. The van der Waals surface area contributed by atoms with Gasteiger partial charge >= 0.3 is 0 Å². The normalized spacial score (nSPS) is 10.3. The second-order valence-corrected chi connectivity index (χ2v) is 5.53. The molecule has 0 unspecified atom stereocenters. The van der Waals surface area contributed by atoms with Crippen molar-refractivity contribution in [2.45, 2.75) is 13.5 Å². The van der Waals surface area contributed by atoms with Crippen molar-refractivity contribution >= 4 is 28.1 Å². The highest BCUT2D eigenvalue weighted by Crippen LogP contribution is 2.26. The third kappa shape index (κ3) is 4.94. The molecule has 2 aromatic rings. The summed E-state index contributed by atoms with van der Waals surface area (Å²) in [6.45, 7) is 1.70. The van der Waals surface area contributed by atoms with Crippen molar-refractivity contribution in [1.29, 1.82) is 5.26 Å². The van der Waals surface area contributed by atoms with Gasteiger partial charge in [-0.1, -0.05) is 18.2 Å². The number of halogens is 1. The van der Waals surface area contributed by atoms with Crippen LogP contribution in [-0.4, -0.2) is 12.1 Å². The Balaban J connectivity index is 2.05. The van der Waals surface area contributed by atoms with Crippen molar-refractivity contribution in [3.8, 4) is 11.8 Å². The van der Waals surface area contributed by atoms with E-state index in [1.807, 2.05) is 30.3 Å². The van der Waals surface area contributed by atoms with Gasteiger partial charge in [-0.3, -0.25) is 4.79 Å². The van der Waals surface area contributed by atoms with Crippen molar-refractivity contribution < 1.29 is 9.53 Å². The lowest BCUT2D eigenvalue weighted by molar-refractivity contribution is -0.118. The van der Waals surface area contributed by atoms with Gasteiger partial charge in [0.2, 0.25) is 5.91 Å². The molecule has 0 heterocycles. The van der Waals surface area contributed by atoms with Gasteiger partial charge in [0.25, 0.3) is 0 Å². The molecule has 0 aliphatic carbocycles. The van der Waals surface area contributed by atoms with Gasteiger partial charge in [0.05, 0.1) is 22.3 Å². The fourth-order valence-electron chi connectivity index (χ4n) is 1.82. The average molecular weight is 372 g/mol. The fourth-order valence-corrected chi connectivity index (χ4v) is 2.33. The van der Waals surface area contributed by atoms with E-state index in [0.29, 0.717) is 17.9 Å². The largest absolute Gasteiger partial charge is 0.488 e. The first-order valence-electron chi connectivity index (χ1n) is 6.80. The maximum Gasteiger partial charge on any atom is 0.236 e. The summed E-state index contributed by atoms with van der Waals surface area (Å²) in [5, 5.41) is 12.9. The Bertz CT molecular complexity index is 782. The van der Waals surface area contributed by atoms with Gasteiger partial charge in [-0.2, -0.15) is 10.4 Å². The van der Waals surface area contributed by atoms with Crippen molar-refractivity contribution in [2.75, 3.05) is 0 Å². The summed E-state index contributed by atoms with van der Waals surface area (Å²) in [5.41, 5.74) is 4.59. The maximum absolute atomic E-state index is 10.8. The summed E-state index contributed by atoms with van der Waals surface area (Å²) < 4.78 is 6.51. The number of benzene rings is 2. The molecular formula is C17H14BrN3O2. The van der Waals surface area contributed by atoms with Crippen LogP contribution in [0, 0.1) is 11.3 Å². The van der Waals surface area contributed by atoms with Crippen molar-refractivity contribution in [3.05, 3.63) is 63.6 Å². The molecule has 0 saturated heterocycles. The standard InChI is InChI=1S/C17H14BrN3O2/c1-12(22)21-20-10-13-6-7-17(16(18)8-13)23-11-15-5-3-2-4-14(15)9-19/h2-8,10H,11H2,1H3,(H,21,22)/b20-10+. The lowest BCUT2D eigenvalue weighted by Gasteiger charge is -2.09. The van der Waals surface area contributed by atoms with Crippen LogP contribution < -0.4 is 10.2 Å². The van der Waals surface area contributed by atoms with E-state index < -0.39 is 0 Å². The van der Waals surface area contributed by atoms with Crippen molar-refractivity contribution in [3.63, 3.8) is 0 Å². The Morgan fingerprint density at radius 2 is 2.17 bits per heavy atom. The smallest absolute Gasteiger partial charge is 0.236 e. The zero-order chi connectivity index (χ0) is 16.7. The number of nitriles is 1. The Kier molecular flexibility index (Phi) is 5.89. The maximum atomic E-state index is 10.8. The number of ether oxygens (including phenoxy) is 1. The molecule has 23 heavy (non-hydrogen) atoms. The first-order valence-corrected chi connectivity index (χ1v) is 7.59. The molecule has 0 aromatic heterocycles. The highest BCUT2D eigenvalue weighted by Gasteiger charge is 2.05. The van der Waals surface area contributed by atoms with Crippen LogP contribution in [-0.2, 0) is 11.4 Å². The SMILES string of the molecule is CC(=O)N/N=C/c1ccc(OCc2ccccc2C#N)c(Br)c1. The van der Waals surface area contributed by atoms with Gasteiger partial charge < -0.3 is 4.74 Å². The van der Waals surface area contributed by atoms with E-state index in [2.05, 4.69) is 32.5 Å². The number of hydrazone groups is 1. The van der Waals surface area contributed by atoms with Gasteiger partial charge in [0.15, 0.2) is 0 Å². The first-order chi connectivity index (χ1) is 11.1. The number of nitrogens with zero attached hydrogens (tertiary/aromatic N) is 2. The van der Waals surface area contributed by atoms with E-state index >= 15 is 0 Å². The minimum atomic E-state index is -0.226. The molecule has 1 amide bonds. The quantitative estimate of drug-likeness (QED) is 0.646. The lowest BCUT2D eigenvalue weighted by atomic mass is 10.1. The molecule has 116 valence electrons. The minimum absolute atomic E-state index is 0.226. The fraction of sp³-hybridized carbons (Fsp3) is 0.118. The summed E-state index contributed by atoms with van der Waals surface area (Å²) in [4.78, 5) is 10.8. The second-order valence-electron chi connectivity index (χ2n) is 4.67. The van der Waals surface area contributed by atoms with Crippen molar-refractivity contribution in [2.24, 2.45) is 5.10 Å². The molecular weight excluding hydrogens is 358 g/mol. The number of nitrogens with one attached hydrogen (secondary N) is 1. The predicted molar refractivity (Wildman–Crippen MR) is 91.0 cm³/mol. The van der Waals surface area contributed by atoms with Gasteiger partial charge in [-0.05, 0) is 45.8 Å². The number of amides is 1. The molecule has 2 aromatic carbocycles. The predicted octanol–water partition coefficient (Wildman–Crippen LogP) is 3.37. The molecule has 6 heteroatoms. The summed E-state index contributed by atoms with van der Waals surface area (Å²) in [5.74, 6) is 0.436. The zero-order valence-corrected chi connectivity index (χ0v) is 14.0. The van der Waals surface area contributed by atoms with E-state index in [-0.39, 0.29) is 5.91 Å². The summed E-state index contributed by atoms with van der Waals surface area (Å²) >= 11 is 3.44. The molecule has 0 aliphatic heterocycles. The number of rotatable bonds is 5. The highest BCUT2D eigenvalue weighted by molar-refractivity contribution is 9.10. The van der Waals surface area contributed by atoms with Gasteiger partial charge in [0, 0.05) is 12.5 Å². The third-order valence-electron chi connectivity index (χ3n) is 2.91. The van der Waals surface area contributed by atoms with Crippen LogP contribution in [0.3, 0.4) is 0 Å². The van der Waals surface area contributed by atoms with Gasteiger partial charge in [-0.15, -0.1) is 0 Å². The topological polar surface area (TPSA) is 74.5 Å². The third-order valence-corrected chi connectivity index (χ3v) is 3.53. The lowest BCUT2D eigenvalue weighted by Crippen LogP contribution is -2.12. The summed E-state index contributed by atoms with van der Waals surface area (Å²) in [7, 11) is 0. The highest BCUT2D eigenvalue weighted by atomic mass is 79.9. The van der Waals surface area contributed by atoms with Gasteiger partial charge in [0.1, 0.15) is 12.4 Å². The van der Waals surface area contributed by atoms with E-state index in [4.69, 9.17) is 10.00 Å². The minimum Gasteiger partial charge on any atom is -0.488 e. The average Bonchev–Trinajstić information content (AvgIpc) is 2.54. The number of carbonyl (C=O) groups excluding carboxylic acids is 1. The second kappa shape index (κ2) is 8.11. The molecule has 0 radical (unpaired) electrons. The molecule has 0 saturated carbocycles. The van der Waals surface area contributed by atoms with Crippen LogP contribution in [0.5, 0.6) is 5.75 Å². The summed E-state index contributed by atoms with van der Waals surface area (Å²) in [6, 6.07) is 14.9. The zero-order valence-electron chi connectivity index (χ0n) is 12.4. The van der Waals surface area contributed by atoms with E-state index in [1.165, 1.54) is 6.92 Å². The molecule has 5 nitrogen and oxygen atoms in total. The van der Waals surface area contributed by atoms with Crippen LogP contribution in [0.4, 0.5) is 0 Å². The van der Waals surface area contributed by atoms with E-state index in [1.54, 1.807) is 18.3 Å². The van der Waals surface area contributed by atoms with Crippen LogP contribution in [0.25, 0.3) is 0 Å². The molecule has 0 spiro atoms. The Hall–Kier alpha value is -2.65. The Morgan fingerprint density at radius 3 is 2.87 bits per heavy atom. The summed E-state index contributed by atoms with van der Waals surface area (Å²) in [6.07, 6.45) is 1.54.